The quantitative estimate of drug-likeness (QED) is 0.644. The predicted molar refractivity (Wildman–Crippen MR) is 22.0 cm³/mol. The van der Waals surface area contributed by atoms with Crippen LogP contribution in [0.4, 0.5) is 0 Å². The van der Waals surface area contributed by atoms with Crippen LogP contribution in [0, 0.1) is 0 Å². The van der Waals surface area contributed by atoms with Gasteiger partial charge in [0, 0.05) is 34.8 Å². The monoisotopic (exact) mass is 277 g/mol. The van der Waals surface area contributed by atoms with Gasteiger partial charge in [0.25, 0.3) is 0 Å². The summed E-state index contributed by atoms with van der Waals surface area (Å²) in [5.41, 5.74) is 0. The summed E-state index contributed by atoms with van der Waals surface area (Å²) >= 11 is 0. The van der Waals surface area contributed by atoms with E-state index >= 15 is 0 Å². The molecule has 1 rings (SSSR count). The number of rotatable bonds is 0. The molecule has 0 bridgehead atoms. The molecule has 0 amide bonds. The zero-order chi connectivity index (χ0) is 4.24. The molecule has 0 spiro atoms. The minimum Gasteiger partial charge on any atom is -0.245 e. The van der Waals surface area contributed by atoms with E-state index in [1.165, 1.54) is 6.33 Å². The molecule has 0 aliphatic carbocycles. The van der Waals surface area contributed by atoms with Gasteiger partial charge in [-0.2, -0.15) is 0 Å². The zero-order valence-corrected chi connectivity index (χ0v) is 5.67. The molecule has 0 unspecified atom stereocenters. The molecule has 1 aromatic heterocycles. The maximum Gasteiger partial charge on any atom is 0.115 e. The Hall–Kier alpha value is -0.180. The molecule has 0 aromatic carbocycles. The summed E-state index contributed by atoms with van der Waals surface area (Å²) in [5, 5.41) is 0. The Morgan fingerprint density at radius 3 is 1.71 bits per heavy atom. The first-order valence-electron chi connectivity index (χ1n) is 1.70. The second-order valence-electron chi connectivity index (χ2n) is 0.904. The maximum atomic E-state index is 3.67. The number of aromatic nitrogens is 2. The molecule has 3 heteroatoms. The average Bonchev–Trinajstić information content (AvgIpc) is 1.72. The van der Waals surface area contributed by atoms with E-state index < -0.39 is 0 Å². The molecule has 0 saturated heterocycles. The van der Waals surface area contributed by atoms with Gasteiger partial charge >= 0.3 is 0 Å². The summed E-state index contributed by atoms with van der Waals surface area (Å²) in [6.07, 6.45) is 4.88. The van der Waals surface area contributed by atoms with Crippen molar-refractivity contribution < 1.29 is 22.4 Å². The summed E-state index contributed by atoms with van der Waals surface area (Å²) < 4.78 is 0. The Balaban J connectivity index is 0.000000360. The summed E-state index contributed by atoms with van der Waals surface area (Å²) in [6.45, 7) is 0. The molecule has 2 nitrogen and oxygen atoms in total. The van der Waals surface area contributed by atoms with Gasteiger partial charge in [0.2, 0.25) is 0 Å². The van der Waals surface area contributed by atoms with Crippen LogP contribution < -0.4 is 0 Å². The molecule has 7 heavy (non-hydrogen) atoms. The molecule has 0 aliphatic rings. The molecule has 0 saturated carbocycles. The predicted octanol–water partition coefficient (Wildman–Crippen LogP) is 0.474. The first kappa shape index (κ1) is 6.82. The van der Waals surface area contributed by atoms with Gasteiger partial charge in [0.05, 0.1) is 0 Å². The molecule has 1 heterocycles. The van der Waals surface area contributed by atoms with Crippen molar-refractivity contribution in [2.75, 3.05) is 0 Å². The smallest absolute Gasteiger partial charge is 0.115 e. The van der Waals surface area contributed by atoms with Crippen LogP contribution in [-0.4, -0.2) is 9.97 Å². The van der Waals surface area contributed by atoms with E-state index in [2.05, 4.69) is 9.97 Å². The van der Waals surface area contributed by atoms with E-state index in [4.69, 9.17) is 0 Å². The number of hydrogen-bond acceptors (Lipinski definition) is 2. The average molecular weight is 277 g/mol. The van der Waals surface area contributed by atoms with Crippen LogP contribution in [-0.2, 0) is 22.4 Å². The fraction of sp³-hybridized carbons (Fsp3) is 0. The molecule has 0 atom stereocenters. The third-order valence-electron chi connectivity index (χ3n) is 0.478. The largest absolute Gasteiger partial charge is 0.245 e. The van der Waals surface area contributed by atoms with E-state index in [1.54, 1.807) is 18.5 Å². The second-order valence-corrected chi connectivity index (χ2v) is 0.904. The van der Waals surface area contributed by atoms with E-state index in [0.29, 0.717) is 0 Å². The molecular formula is C4H4AuN2. The van der Waals surface area contributed by atoms with Crippen molar-refractivity contribution in [1.29, 1.82) is 0 Å². The van der Waals surface area contributed by atoms with Crippen molar-refractivity contribution in [1.82, 2.24) is 9.97 Å². The first-order chi connectivity index (χ1) is 3.00. The minimum atomic E-state index is 0. The summed E-state index contributed by atoms with van der Waals surface area (Å²) in [6, 6.07) is 1.78. The van der Waals surface area contributed by atoms with E-state index in [1.807, 2.05) is 0 Å². The zero-order valence-electron chi connectivity index (χ0n) is 3.51. The van der Waals surface area contributed by atoms with Gasteiger partial charge in [-0.3, -0.25) is 0 Å². The van der Waals surface area contributed by atoms with Crippen molar-refractivity contribution in [2.24, 2.45) is 0 Å². The Bertz CT molecular complexity index is 81.6. The van der Waals surface area contributed by atoms with Crippen LogP contribution in [0.15, 0.2) is 24.8 Å². The summed E-state index contributed by atoms with van der Waals surface area (Å²) in [7, 11) is 0. The third-order valence-corrected chi connectivity index (χ3v) is 0.478. The maximum absolute atomic E-state index is 3.67. The topological polar surface area (TPSA) is 25.8 Å². The van der Waals surface area contributed by atoms with Crippen molar-refractivity contribution in [3.63, 3.8) is 0 Å². The Morgan fingerprint density at radius 2 is 1.57 bits per heavy atom. The fourth-order valence-electron chi connectivity index (χ4n) is 0.253. The van der Waals surface area contributed by atoms with Crippen molar-refractivity contribution in [3.8, 4) is 0 Å². The van der Waals surface area contributed by atoms with Crippen LogP contribution in [0.3, 0.4) is 0 Å². The second kappa shape index (κ2) is 3.99. The molecule has 0 fully saturated rings. The Labute approximate surface area is 57.5 Å². The van der Waals surface area contributed by atoms with Crippen LogP contribution in [0.5, 0.6) is 0 Å². The summed E-state index contributed by atoms with van der Waals surface area (Å²) in [5.74, 6) is 0. The van der Waals surface area contributed by atoms with Gasteiger partial charge in [-0.05, 0) is 6.07 Å². The van der Waals surface area contributed by atoms with E-state index in [0.717, 1.165) is 0 Å². The number of hydrogen-bond donors (Lipinski definition) is 0. The van der Waals surface area contributed by atoms with Gasteiger partial charge in [-0.15, -0.1) is 0 Å². The van der Waals surface area contributed by atoms with Crippen LogP contribution in [0.2, 0.25) is 0 Å². The molecule has 0 N–H and O–H groups in total. The Kier molecular flexibility index (Phi) is 3.89. The molecule has 1 aromatic rings. The SMILES string of the molecule is [Au].c1cncnc1. The fourth-order valence-corrected chi connectivity index (χ4v) is 0.253. The molecule has 0 aliphatic heterocycles. The van der Waals surface area contributed by atoms with Gasteiger partial charge < -0.3 is 0 Å². The number of nitrogens with zero attached hydrogens (tertiary/aromatic N) is 2. The van der Waals surface area contributed by atoms with Gasteiger partial charge in [0.1, 0.15) is 6.33 Å². The van der Waals surface area contributed by atoms with Gasteiger partial charge in [-0.25, -0.2) is 9.97 Å². The molecule has 1 radical (unpaired) electrons. The molecular weight excluding hydrogens is 273 g/mol. The minimum absolute atomic E-state index is 0. The summed E-state index contributed by atoms with van der Waals surface area (Å²) in [4.78, 5) is 7.35. The van der Waals surface area contributed by atoms with Gasteiger partial charge in [-0.1, -0.05) is 0 Å². The normalized spacial score (nSPS) is 6.86. The van der Waals surface area contributed by atoms with Crippen LogP contribution >= 0.6 is 0 Å². The first-order valence-corrected chi connectivity index (χ1v) is 1.70. The van der Waals surface area contributed by atoms with Crippen LogP contribution in [0.1, 0.15) is 0 Å². The third kappa shape index (κ3) is 2.51. The molecule has 41 valence electrons. The Morgan fingerprint density at radius 1 is 1.00 bits per heavy atom. The van der Waals surface area contributed by atoms with Crippen LogP contribution in [0.25, 0.3) is 0 Å². The van der Waals surface area contributed by atoms with Crippen molar-refractivity contribution >= 4 is 0 Å². The van der Waals surface area contributed by atoms with E-state index in [9.17, 15) is 0 Å². The van der Waals surface area contributed by atoms with Crippen molar-refractivity contribution in [3.05, 3.63) is 24.8 Å². The standard InChI is InChI=1S/C4H4N2.Au/c1-2-5-4-6-3-1;/h1-4H;. The van der Waals surface area contributed by atoms with Gasteiger partial charge in [0.15, 0.2) is 0 Å². The van der Waals surface area contributed by atoms with E-state index in [-0.39, 0.29) is 22.4 Å². The van der Waals surface area contributed by atoms with Crippen molar-refractivity contribution in [2.45, 2.75) is 0 Å².